The van der Waals surface area contributed by atoms with Crippen molar-refractivity contribution < 1.29 is 14.3 Å². The van der Waals surface area contributed by atoms with E-state index in [2.05, 4.69) is 12.1 Å². The minimum Gasteiger partial charge on any atom is -0.496 e. The molecule has 2 amide bonds. The molecule has 5 nitrogen and oxygen atoms in total. The Morgan fingerprint density at radius 2 is 1.78 bits per heavy atom. The smallest absolute Gasteiger partial charge is 0.248 e. The summed E-state index contributed by atoms with van der Waals surface area (Å²) in [7, 11) is 1.64. The Hall–Kier alpha value is -2.47. The van der Waals surface area contributed by atoms with Gasteiger partial charge >= 0.3 is 0 Å². The summed E-state index contributed by atoms with van der Waals surface area (Å²) in [6, 6.07) is 17.3. The fourth-order valence-corrected chi connectivity index (χ4v) is 4.78. The molecule has 27 heavy (non-hydrogen) atoms. The largest absolute Gasteiger partial charge is 0.496 e. The molecular weight excluding hydrogens is 360 g/mol. The van der Waals surface area contributed by atoms with Gasteiger partial charge in [0, 0.05) is 12.1 Å². The highest BCUT2D eigenvalue weighted by Crippen LogP contribution is 2.43. The number of ether oxygens (including phenoxy) is 1. The highest BCUT2D eigenvalue weighted by atomic mass is 32.2. The molecule has 2 aromatic carbocycles. The van der Waals surface area contributed by atoms with E-state index in [1.807, 2.05) is 47.4 Å². The van der Waals surface area contributed by atoms with E-state index in [0.717, 1.165) is 17.7 Å². The van der Waals surface area contributed by atoms with Gasteiger partial charge in [0.2, 0.25) is 11.8 Å². The molecule has 0 aromatic heterocycles. The average molecular weight is 382 g/mol. The van der Waals surface area contributed by atoms with Crippen LogP contribution in [0.3, 0.4) is 0 Å². The van der Waals surface area contributed by atoms with Gasteiger partial charge in [0.05, 0.1) is 24.8 Å². The van der Waals surface area contributed by atoms with Gasteiger partial charge in [-0.25, -0.2) is 0 Å². The standard InChI is InChI=1S/C21H22N2O3S/c1-26-17-10-6-5-9-16(17)19-20(23-14-27-13-18(23)24)21(25)22(19)12-11-15-7-3-2-4-8-15/h2-10,19-20H,11-14H2,1H3/t19-,20-/m0/s1. The van der Waals surface area contributed by atoms with Gasteiger partial charge in [-0.05, 0) is 18.1 Å². The Morgan fingerprint density at radius 1 is 1.04 bits per heavy atom. The lowest BCUT2D eigenvalue weighted by atomic mass is 9.86. The zero-order valence-corrected chi connectivity index (χ0v) is 16.0. The number of likely N-dealkylation sites (tertiary alicyclic amines) is 1. The number of amides is 2. The van der Waals surface area contributed by atoms with Crippen molar-refractivity contribution in [3.63, 3.8) is 0 Å². The minimum absolute atomic E-state index is 0.0256. The maximum absolute atomic E-state index is 13.0. The maximum Gasteiger partial charge on any atom is 0.248 e. The second-order valence-electron chi connectivity index (χ2n) is 6.74. The van der Waals surface area contributed by atoms with Crippen LogP contribution in [0.1, 0.15) is 17.2 Å². The molecule has 2 aliphatic rings. The average Bonchev–Trinajstić information content (AvgIpc) is 3.12. The van der Waals surface area contributed by atoms with E-state index in [-0.39, 0.29) is 17.9 Å². The van der Waals surface area contributed by atoms with Crippen molar-refractivity contribution in [2.24, 2.45) is 0 Å². The molecule has 2 heterocycles. The first-order chi connectivity index (χ1) is 13.2. The number of β-lactam (4-membered cyclic amide) rings is 1. The number of hydrogen-bond donors (Lipinski definition) is 0. The van der Waals surface area contributed by atoms with Crippen LogP contribution in [-0.4, -0.2) is 52.9 Å². The zero-order chi connectivity index (χ0) is 18.8. The van der Waals surface area contributed by atoms with Crippen molar-refractivity contribution in [3.8, 4) is 5.75 Å². The first-order valence-electron chi connectivity index (χ1n) is 9.05. The molecule has 2 aliphatic heterocycles. The van der Waals surface area contributed by atoms with Crippen LogP contribution in [0.25, 0.3) is 0 Å². The normalized spacial score (nSPS) is 22.1. The van der Waals surface area contributed by atoms with Gasteiger partial charge in [-0.1, -0.05) is 48.5 Å². The first-order valence-corrected chi connectivity index (χ1v) is 10.2. The Bertz CT molecular complexity index is 842. The summed E-state index contributed by atoms with van der Waals surface area (Å²) in [6.45, 7) is 0.622. The number of hydrogen-bond acceptors (Lipinski definition) is 4. The molecule has 0 spiro atoms. The van der Waals surface area contributed by atoms with Crippen LogP contribution in [0.15, 0.2) is 54.6 Å². The topological polar surface area (TPSA) is 49.9 Å². The number of rotatable bonds is 6. The van der Waals surface area contributed by atoms with E-state index in [0.29, 0.717) is 18.2 Å². The van der Waals surface area contributed by atoms with Crippen molar-refractivity contribution in [1.82, 2.24) is 9.80 Å². The number of para-hydroxylation sites is 1. The number of carbonyl (C=O) groups excluding carboxylic acids is 2. The monoisotopic (exact) mass is 382 g/mol. The lowest BCUT2D eigenvalue weighted by Gasteiger charge is -2.50. The van der Waals surface area contributed by atoms with Gasteiger partial charge in [-0.2, -0.15) is 0 Å². The number of thioether (sulfide) groups is 1. The summed E-state index contributed by atoms with van der Waals surface area (Å²) in [5.74, 6) is 1.85. The molecule has 2 saturated heterocycles. The summed E-state index contributed by atoms with van der Waals surface area (Å²) in [4.78, 5) is 28.9. The molecule has 6 heteroatoms. The summed E-state index contributed by atoms with van der Waals surface area (Å²) >= 11 is 1.56. The lowest BCUT2D eigenvalue weighted by Crippen LogP contribution is -2.66. The highest BCUT2D eigenvalue weighted by Gasteiger charge is 2.53. The fraction of sp³-hybridized carbons (Fsp3) is 0.333. The first kappa shape index (κ1) is 17.9. The summed E-state index contributed by atoms with van der Waals surface area (Å²) in [5.41, 5.74) is 2.16. The number of benzene rings is 2. The van der Waals surface area contributed by atoms with Crippen LogP contribution in [0.5, 0.6) is 5.75 Å². The molecule has 0 saturated carbocycles. The Balaban J connectivity index is 1.61. The third-order valence-corrected chi connectivity index (χ3v) is 6.14. The highest BCUT2D eigenvalue weighted by molar-refractivity contribution is 8.00. The van der Waals surface area contributed by atoms with Gasteiger partial charge in [0.15, 0.2) is 0 Å². The van der Waals surface area contributed by atoms with Crippen molar-refractivity contribution >= 4 is 23.6 Å². The second-order valence-corrected chi connectivity index (χ2v) is 7.70. The third-order valence-electron chi connectivity index (χ3n) is 5.22. The number of methoxy groups -OCH3 is 1. The molecule has 2 fully saturated rings. The number of nitrogens with zero attached hydrogens (tertiary/aromatic N) is 2. The van der Waals surface area contributed by atoms with Crippen molar-refractivity contribution in [1.29, 1.82) is 0 Å². The molecule has 0 bridgehead atoms. The van der Waals surface area contributed by atoms with E-state index in [1.54, 1.807) is 23.8 Å². The van der Waals surface area contributed by atoms with Crippen LogP contribution in [-0.2, 0) is 16.0 Å². The molecule has 2 aromatic rings. The predicted octanol–water partition coefficient (Wildman–Crippen LogP) is 2.72. The number of carbonyl (C=O) groups is 2. The summed E-state index contributed by atoms with van der Waals surface area (Å²) < 4.78 is 5.54. The van der Waals surface area contributed by atoms with Crippen LogP contribution < -0.4 is 4.74 Å². The van der Waals surface area contributed by atoms with Crippen molar-refractivity contribution in [2.45, 2.75) is 18.5 Å². The second kappa shape index (κ2) is 7.64. The molecule has 0 radical (unpaired) electrons. The third kappa shape index (κ3) is 3.30. The van der Waals surface area contributed by atoms with Crippen molar-refractivity contribution in [3.05, 3.63) is 65.7 Å². The van der Waals surface area contributed by atoms with E-state index in [1.165, 1.54) is 5.56 Å². The van der Waals surface area contributed by atoms with E-state index in [4.69, 9.17) is 4.74 Å². The van der Waals surface area contributed by atoms with Gasteiger partial charge in [-0.15, -0.1) is 11.8 Å². The van der Waals surface area contributed by atoms with Gasteiger partial charge in [0.1, 0.15) is 11.8 Å². The molecule has 140 valence electrons. The molecule has 0 unspecified atom stereocenters. The Morgan fingerprint density at radius 3 is 2.48 bits per heavy atom. The Kier molecular flexibility index (Phi) is 5.07. The van der Waals surface area contributed by atoms with Crippen molar-refractivity contribution in [2.75, 3.05) is 25.3 Å². The predicted molar refractivity (Wildman–Crippen MR) is 106 cm³/mol. The SMILES string of the molecule is COc1ccccc1[C@H]1[C@H](N2CSCC2=O)C(=O)N1CCc1ccccc1. The zero-order valence-electron chi connectivity index (χ0n) is 15.2. The molecule has 0 aliphatic carbocycles. The summed E-state index contributed by atoms with van der Waals surface area (Å²) in [5, 5.41) is 0. The van der Waals surface area contributed by atoms with Crippen LogP contribution in [0.2, 0.25) is 0 Å². The lowest BCUT2D eigenvalue weighted by molar-refractivity contribution is -0.163. The minimum atomic E-state index is -0.431. The van der Waals surface area contributed by atoms with Gasteiger partial charge in [0.25, 0.3) is 0 Å². The van der Waals surface area contributed by atoms with Crippen LogP contribution in [0.4, 0.5) is 0 Å². The van der Waals surface area contributed by atoms with E-state index >= 15 is 0 Å². The maximum atomic E-state index is 13.0. The fourth-order valence-electron chi connectivity index (χ4n) is 3.85. The van der Waals surface area contributed by atoms with Crippen LogP contribution >= 0.6 is 11.8 Å². The molecule has 2 atom stereocenters. The molecular formula is C21H22N2O3S. The molecule has 4 rings (SSSR count). The van der Waals surface area contributed by atoms with E-state index in [9.17, 15) is 9.59 Å². The Labute approximate surface area is 163 Å². The van der Waals surface area contributed by atoms with Gasteiger partial charge < -0.3 is 14.5 Å². The van der Waals surface area contributed by atoms with Gasteiger partial charge in [-0.3, -0.25) is 9.59 Å². The van der Waals surface area contributed by atoms with Crippen LogP contribution in [0, 0.1) is 0 Å². The van der Waals surface area contributed by atoms with E-state index < -0.39 is 6.04 Å². The summed E-state index contributed by atoms with van der Waals surface area (Å²) in [6.07, 6.45) is 0.785. The quantitative estimate of drug-likeness (QED) is 0.721. The molecule has 0 N–H and O–H groups in total.